The summed E-state index contributed by atoms with van der Waals surface area (Å²) in [4.78, 5) is 32.9. The van der Waals surface area contributed by atoms with E-state index in [0.717, 1.165) is 12.1 Å². The van der Waals surface area contributed by atoms with Crippen LogP contribution in [0.1, 0.15) is 23.9 Å². The molecule has 0 fully saturated rings. The second kappa shape index (κ2) is 7.89. The molecule has 0 radical (unpaired) electrons. The molecule has 1 amide bonds. The lowest BCUT2D eigenvalue weighted by atomic mass is 10.1. The third kappa shape index (κ3) is 4.09. The SMILES string of the molecule is Cc1nc2ncnn2c(C)c1CC(=O)O[C@@H](C)C(=O)Nc1ccc(F)cc1Cl. The van der Waals surface area contributed by atoms with E-state index in [9.17, 15) is 14.0 Å². The molecule has 0 unspecified atom stereocenters. The van der Waals surface area contributed by atoms with Gasteiger partial charge in [-0.3, -0.25) is 9.59 Å². The van der Waals surface area contributed by atoms with E-state index in [1.54, 1.807) is 13.8 Å². The second-order valence-electron chi connectivity index (χ2n) is 6.16. The normalized spacial score (nSPS) is 12.0. The summed E-state index contributed by atoms with van der Waals surface area (Å²) in [6, 6.07) is 3.57. The van der Waals surface area contributed by atoms with Gasteiger partial charge in [0, 0.05) is 17.0 Å². The minimum absolute atomic E-state index is 0.0466. The van der Waals surface area contributed by atoms with Gasteiger partial charge in [-0.25, -0.2) is 13.9 Å². The number of carbonyl (C=O) groups is 2. The molecule has 0 aliphatic heterocycles. The number of aryl methyl sites for hydroxylation is 2. The lowest BCUT2D eigenvalue weighted by molar-refractivity contribution is -0.152. The fraction of sp³-hybridized carbons (Fsp3) is 0.278. The molecular formula is C18H17ClFN5O3. The van der Waals surface area contributed by atoms with Gasteiger partial charge in [-0.15, -0.1) is 0 Å². The number of aromatic nitrogens is 4. The molecule has 0 saturated carbocycles. The Morgan fingerprint density at radius 3 is 2.82 bits per heavy atom. The Bertz CT molecular complexity index is 1070. The molecule has 28 heavy (non-hydrogen) atoms. The third-order valence-electron chi connectivity index (χ3n) is 4.18. The van der Waals surface area contributed by atoms with Crippen molar-refractivity contribution in [3.05, 3.63) is 52.3 Å². The Kier molecular flexibility index (Phi) is 5.55. The minimum Gasteiger partial charge on any atom is -0.452 e. The molecule has 10 heteroatoms. The molecule has 2 heterocycles. The molecule has 1 aromatic carbocycles. The van der Waals surface area contributed by atoms with Crippen LogP contribution in [0.4, 0.5) is 10.1 Å². The first-order valence-electron chi connectivity index (χ1n) is 8.37. The maximum atomic E-state index is 13.1. The highest BCUT2D eigenvalue weighted by molar-refractivity contribution is 6.33. The van der Waals surface area contributed by atoms with Crippen molar-refractivity contribution in [3.8, 4) is 0 Å². The van der Waals surface area contributed by atoms with Gasteiger partial charge < -0.3 is 10.1 Å². The first-order valence-corrected chi connectivity index (χ1v) is 8.75. The third-order valence-corrected chi connectivity index (χ3v) is 4.49. The number of benzene rings is 1. The Morgan fingerprint density at radius 2 is 2.11 bits per heavy atom. The van der Waals surface area contributed by atoms with Crippen molar-refractivity contribution in [2.24, 2.45) is 0 Å². The van der Waals surface area contributed by atoms with Gasteiger partial charge in [0.25, 0.3) is 11.7 Å². The topological polar surface area (TPSA) is 98.5 Å². The number of carbonyl (C=O) groups excluding carboxylic acids is 2. The number of anilines is 1. The van der Waals surface area contributed by atoms with Crippen molar-refractivity contribution in [1.29, 1.82) is 0 Å². The first kappa shape index (κ1) is 19.7. The molecule has 8 nitrogen and oxygen atoms in total. The standard InChI is InChI=1S/C18H17ClFN5O3/c1-9-13(10(2)25-18(23-9)21-8-22-25)7-16(26)28-11(3)17(27)24-15-5-4-12(20)6-14(15)19/h4-6,8,11H,7H2,1-3H3,(H,24,27)/t11-/m0/s1. The van der Waals surface area contributed by atoms with Crippen molar-refractivity contribution >= 4 is 34.9 Å². The molecule has 1 atom stereocenters. The number of amides is 1. The van der Waals surface area contributed by atoms with E-state index in [2.05, 4.69) is 20.4 Å². The molecule has 0 saturated heterocycles. The van der Waals surface area contributed by atoms with Crippen LogP contribution in [0, 0.1) is 19.7 Å². The summed E-state index contributed by atoms with van der Waals surface area (Å²) in [5.74, 6) is -1.26. The van der Waals surface area contributed by atoms with Crippen molar-refractivity contribution in [2.75, 3.05) is 5.32 Å². The Labute approximate surface area is 164 Å². The number of esters is 1. The van der Waals surface area contributed by atoms with E-state index >= 15 is 0 Å². The van der Waals surface area contributed by atoms with Crippen LogP contribution in [0.2, 0.25) is 5.02 Å². The number of nitrogens with one attached hydrogen (secondary N) is 1. The summed E-state index contributed by atoms with van der Waals surface area (Å²) >= 11 is 5.88. The minimum atomic E-state index is -1.07. The number of hydrogen-bond donors (Lipinski definition) is 1. The van der Waals surface area contributed by atoms with Crippen molar-refractivity contribution < 1.29 is 18.7 Å². The highest BCUT2D eigenvalue weighted by Crippen LogP contribution is 2.22. The van der Waals surface area contributed by atoms with Gasteiger partial charge >= 0.3 is 5.97 Å². The van der Waals surface area contributed by atoms with Gasteiger partial charge in [0.05, 0.1) is 17.1 Å². The van der Waals surface area contributed by atoms with Gasteiger partial charge in [0.2, 0.25) is 0 Å². The van der Waals surface area contributed by atoms with E-state index in [0.29, 0.717) is 22.7 Å². The molecule has 2 aromatic heterocycles. The van der Waals surface area contributed by atoms with E-state index in [-0.39, 0.29) is 17.1 Å². The van der Waals surface area contributed by atoms with Crippen LogP contribution in [0.3, 0.4) is 0 Å². The highest BCUT2D eigenvalue weighted by atomic mass is 35.5. The van der Waals surface area contributed by atoms with Crippen LogP contribution >= 0.6 is 11.6 Å². The molecule has 146 valence electrons. The van der Waals surface area contributed by atoms with Crippen molar-refractivity contribution in [3.63, 3.8) is 0 Å². The van der Waals surface area contributed by atoms with E-state index in [1.807, 2.05) is 0 Å². The summed E-state index contributed by atoms with van der Waals surface area (Å²) in [5.41, 5.74) is 2.22. The summed E-state index contributed by atoms with van der Waals surface area (Å²) in [5, 5.41) is 6.61. The molecule has 3 rings (SSSR count). The zero-order valence-corrected chi connectivity index (χ0v) is 16.1. The van der Waals surface area contributed by atoms with E-state index < -0.39 is 23.8 Å². The summed E-state index contributed by atoms with van der Waals surface area (Å²) in [6.45, 7) is 4.99. The largest absolute Gasteiger partial charge is 0.452 e. The number of fused-ring (bicyclic) bond motifs is 1. The summed E-state index contributed by atoms with van der Waals surface area (Å²) in [6.07, 6.45) is 0.233. The second-order valence-corrected chi connectivity index (χ2v) is 6.56. The number of ether oxygens (including phenoxy) is 1. The maximum Gasteiger partial charge on any atom is 0.311 e. The van der Waals surface area contributed by atoms with Crippen LogP contribution < -0.4 is 5.32 Å². The monoisotopic (exact) mass is 405 g/mol. The van der Waals surface area contributed by atoms with E-state index in [4.69, 9.17) is 16.3 Å². The molecule has 1 N–H and O–H groups in total. The van der Waals surface area contributed by atoms with Crippen molar-refractivity contribution in [2.45, 2.75) is 33.3 Å². The van der Waals surface area contributed by atoms with Crippen LogP contribution in [0.5, 0.6) is 0 Å². The average Bonchev–Trinajstić information content (AvgIpc) is 3.09. The predicted molar refractivity (Wildman–Crippen MR) is 99.6 cm³/mol. The van der Waals surface area contributed by atoms with Crippen LogP contribution in [0.25, 0.3) is 5.78 Å². The van der Waals surface area contributed by atoms with Crippen LogP contribution in [0.15, 0.2) is 24.5 Å². The lowest BCUT2D eigenvalue weighted by Gasteiger charge is -2.15. The first-order chi connectivity index (χ1) is 13.3. The van der Waals surface area contributed by atoms with Crippen LogP contribution in [-0.2, 0) is 20.7 Å². The van der Waals surface area contributed by atoms with Gasteiger partial charge in [0.15, 0.2) is 6.10 Å². The number of rotatable bonds is 5. The fourth-order valence-electron chi connectivity index (χ4n) is 2.67. The highest BCUT2D eigenvalue weighted by Gasteiger charge is 2.21. The van der Waals surface area contributed by atoms with E-state index in [1.165, 1.54) is 23.8 Å². The molecule has 0 spiro atoms. The number of halogens is 2. The zero-order valence-electron chi connectivity index (χ0n) is 15.4. The number of nitrogens with zero attached hydrogens (tertiary/aromatic N) is 4. The quantitative estimate of drug-likeness (QED) is 0.655. The Balaban J connectivity index is 1.66. The summed E-state index contributed by atoms with van der Waals surface area (Å²) in [7, 11) is 0. The van der Waals surface area contributed by atoms with Crippen LogP contribution in [-0.4, -0.2) is 37.6 Å². The number of hydrogen-bond acceptors (Lipinski definition) is 6. The molecule has 0 bridgehead atoms. The fourth-order valence-corrected chi connectivity index (χ4v) is 2.89. The molecule has 0 aliphatic carbocycles. The molecule has 0 aliphatic rings. The van der Waals surface area contributed by atoms with Crippen molar-refractivity contribution in [1.82, 2.24) is 19.6 Å². The summed E-state index contributed by atoms with van der Waals surface area (Å²) < 4.78 is 19.8. The Morgan fingerprint density at radius 1 is 1.36 bits per heavy atom. The van der Waals surface area contributed by atoms with Gasteiger partial charge in [-0.05, 0) is 39.0 Å². The smallest absolute Gasteiger partial charge is 0.311 e. The molecule has 3 aromatic rings. The van der Waals surface area contributed by atoms with Gasteiger partial charge in [-0.2, -0.15) is 10.1 Å². The zero-order chi connectivity index (χ0) is 20.4. The molecular weight excluding hydrogens is 389 g/mol. The predicted octanol–water partition coefficient (Wildman–Crippen LogP) is 2.65. The van der Waals surface area contributed by atoms with Gasteiger partial charge in [-0.1, -0.05) is 11.6 Å². The Hall–Kier alpha value is -3.07. The van der Waals surface area contributed by atoms with Gasteiger partial charge in [0.1, 0.15) is 12.1 Å². The average molecular weight is 406 g/mol. The lowest BCUT2D eigenvalue weighted by Crippen LogP contribution is -2.30. The maximum absolute atomic E-state index is 13.1.